The molecule has 132 valence electrons. The van der Waals surface area contributed by atoms with Crippen molar-refractivity contribution in [3.8, 4) is 0 Å². The van der Waals surface area contributed by atoms with Crippen LogP contribution < -0.4 is 5.32 Å². The van der Waals surface area contributed by atoms with Crippen LogP contribution in [0.2, 0.25) is 0 Å². The van der Waals surface area contributed by atoms with Crippen LogP contribution in [0.25, 0.3) is 0 Å². The van der Waals surface area contributed by atoms with Crippen molar-refractivity contribution >= 4 is 6.09 Å². The van der Waals surface area contributed by atoms with E-state index >= 15 is 0 Å². The second kappa shape index (κ2) is 12.6. The normalized spacial score (nSPS) is 13.0. The van der Waals surface area contributed by atoms with E-state index in [0.717, 1.165) is 0 Å². The highest BCUT2D eigenvalue weighted by Crippen LogP contribution is 2.06. The number of hydrogen-bond acceptors (Lipinski definition) is 6. The summed E-state index contributed by atoms with van der Waals surface area (Å²) in [7, 11) is 1.63. The van der Waals surface area contributed by atoms with Gasteiger partial charge in [0.25, 0.3) is 0 Å². The van der Waals surface area contributed by atoms with Gasteiger partial charge in [0.1, 0.15) is 5.60 Å². The molecule has 0 saturated heterocycles. The summed E-state index contributed by atoms with van der Waals surface area (Å²) in [5.41, 5.74) is -0.496. The van der Waals surface area contributed by atoms with Gasteiger partial charge in [-0.2, -0.15) is 0 Å². The molecule has 0 rings (SSSR count). The fourth-order valence-electron chi connectivity index (χ4n) is 1.39. The number of carbonyl (C=O) groups is 1. The summed E-state index contributed by atoms with van der Waals surface area (Å²) in [4.78, 5) is 11.5. The number of amides is 1. The lowest BCUT2D eigenvalue weighted by Crippen LogP contribution is -2.40. The molecule has 0 aromatic carbocycles. The molecule has 0 spiro atoms. The molecule has 0 saturated carbocycles. The Bertz CT molecular complexity index is 280. The minimum Gasteiger partial charge on any atom is -0.444 e. The van der Waals surface area contributed by atoms with Gasteiger partial charge in [0.05, 0.1) is 52.3 Å². The van der Waals surface area contributed by atoms with Gasteiger partial charge < -0.3 is 29.0 Å². The molecule has 0 fully saturated rings. The van der Waals surface area contributed by atoms with Crippen LogP contribution in [0.15, 0.2) is 0 Å². The van der Waals surface area contributed by atoms with Gasteiger partial charge in [-0.25, -0.2) is 4.79 Å². The maximum absolute atomic E-state index is 11.5. The van der Waals surface area contributed by atoms with E-state index < -0.39 is 11.7 Å². The molecule has 1 atom stereocenters. The average Bonchev–Trinajstić information content (AvgIpc) is 2.38. The predicted molar refractivity (Wildman–Crippen MR) is 83.2 cm³/mol. The maximum Gasteiger partial charge on any atom is 0.407 e. The molecule has 7 heteroatoms. The minimum atomic E-state index is -0.496. The van der Waals surface area contributed by atoms with Gasteiger partial charge >= 0.3 is 6.09 Å². The molecular formula is C15H31NO6. The van der Waals surface area contributed by atoms with E-state index in [-0.39, 0.29) is 6.04 Å². The summed E-state index contributed by atoms with van der Waals surface area (Å²) in [5.74, 6) is 0. The van der Waals surface area contributed by atoms with Gasteiger partial charge in [0.15, 0.2) is 0 Å². The summed E-state index contributed by atoms with van der Waals surface area (Å²) in [5, 5.41) is 2.71. The van der Waals surface area contributed by atoms with Gasteiger partial charge in [0, 0.05) is 7.11 Å². The molecule has 0 aliphatic heterocycles. The number of ether oxygens (including phenoxy) is 5. The van der Waals surface area contributed by atoms with E-state index in [1.165, 1.54) is 0 Å². The first-order chi connectivity index (χ1) is 10.3. The third-order valence-electron chi connectivity index (χ3n) is 2.31. The lowest BCUT2D eigenvalue weighted by molar-refractivity contribution is 0.000419. The number of methoxy groups -OCH3 is 1. The minimum absolute atomic E-state index is 0.118. The van der Waals surface area contributed by atoms with E-state index in [0.29, 0.717) is 46.2 Å². The van der Waals surface area contributed by atoms with Crippen molar-refractivity contribution in [1.29, 1.82) is 0 Å². The van der Waals surface area contributed by atoms with Crippen molar-refractivity contribution in [2.24, 2.45) is 0 Å². The largest absolute Gasteiger partial charge is 0.444 e. The Morgan fingerprint density at radius 3 is 1.95 bits per heavy atom. The van der Waals surface area contributed by atoms with Crippen LogP contribution in [0.3, 0.4) is 0 Å². The summed E-state index contributed by atoms with van der Waals surface area (Å²) in [6.07, 6.45) is -0.437. The monoisotopic (exact) mass is 321 g/mol. The molecule has 0 radical (unpaired) electrons. The Morgan fingerprint density at radius 1 is 0.955 bits per heavy atom. The second-order valence-electron chi connectivity index (χ2n) is 5.84. The molecule has 1 amide bonds. The summed E-state index contributed by atoms with van der Waals surface area (Å²) in [6, 6.07) is -0.118. The molecule has 0 aromatic heterocycles. The first kappa shape index (κ1) is 21.1. The Kier molecular flexibility index (Phi) is 12.1. The number of carbonyl (C=O) groups excluding carboxylic acids is 1. The molecule has 22 heavy (non-hydrogen) atoms. The standard InChI is InChI=1S/C15H31NO6/c1-13(16-14(17)22-15(2,3)4)12-21-11-10-20-9-8-19-7-6-18-5/h13H,6-12H2,1-5H3,(H,16,17)/t13-/m0/s1. The highest BCUT2D eigenvalue weighted by molar-refractivity contribution is 5.68. The zero-order valence-corrected chi connectivity index (χ0v) is 14.5. The molecule has 0 aliphatic carbocycles. The van der Waals surface area contributed by atoms with Crippen LogP contribution in [0.4, 0.5) is 4.79 Å². The van der Waals surface area contributed by atoms with Crippen LogP contribution >= 0.6 is 0 Å². The van der Waals surface area contributed by atoms with Crippen LogP contribution in [-0.4, -0.2) is 71.1 Å². The Balaban J connectivity index is 3.38. The predicted octanol–water partition coefficient (Wildman–Crippen LogP) is 1.60. The second-order valence-corrected chi connectivity index (χ2v) is 5.84. The summed E-state index contributed by atoms with van der Waals surface area (Å²) in [6.45, 7) is 10.9. The van der Waals surface area contributed by atoms with Crippen molar-refractivity contribution in [3.05, 3.63) is 0 Å². The number of alkyl carbamates (subject to hydrolysis) is 1. The molecule has 0 aromatic rings. The quantitative estimate of drug-likeness (QED) is 0.550. The Labute approximate surface area is 133 Å². The maximum atomic E-state index is 11.5. The average molecular weight is 321 g/mol. The molecule has 0 unspecified atom stereocenters. The van der Waals surface area contributed by atoms with Crippen LogP contribution in [-0.2, 0) is 23.7 Å². The molecule has 1 N–H and O–H groups in total. The van der Waals surface area contributed by atoms with E-state index in [2.05, 4.69) is 5.32 Å². The zero-order valence-electron chi connectivity index (χ0n) is 14.5. The molecule has 7 nitrogen and oxygen atoms in total. The number of rotatable bonds is 12. The lowest BCUT2D eigenvalue weighted by atomic mass is 10.2. The first-order valence-electron chi connectivity index (χ1n) is 7.57. The molecular weight excluding hydrogens is 290 g/mol. The Morgan fingerprint density at radius 2 is 1.45 bits per heavy atom. The highest BCUT2D eigenvalue weighted by atomic mass is 16.6. The van der Waals surface area contributed by atoms with Gasteiger partial charge in [-0.1, -0.05) is 0 Å². The smallest absolute Gasteiger partial charge is 0.407 e. The summed E-state index contributed by atoms with van der Waals surface area (Å²) >= 11 is 0. The van der Waals surface area contributed by atoms with Crippen LogP contribution in [0, 0.1) is 0 Å². The van der Waals surface area contributed by atoms with Gasteiger partial charge in [0.2, 0.25) is 0 Å². The van der Waals surface area contributed by atoms with E-state index in [4.69, 9.17) is 23.7 Å². The van der Waals surface area contributed by atoms with E-state index in [1.807, 2.05) is 27.7 Å². The van der Waals surface area contributed by atoms with Crippen molar-refractivity contribution in [2.75, 3.05) is 53.4 Å². The molecule has 0 heterocycles. The van der Waals surface area contributed by atoms with Crippen molar-refractivity contribution in [1.82, 2.24) is 5.32 Å². The fraction of sp³-hybridized carbons (Fsp3) is 0.933. The van der Waals surface area contributed by atoms with Gasteiger partial charge in [-0.15, -0.1) is 0 Å². The number of hydrogen-bond donors (Lipinski definition) is 1. The van der Waals surface area contributed by atoms with Gasteiger partial charge in [-0.05, 0) is 27.7 Å². The van der Waals surface area contributed by atoms with Crippen LogP contribution in [0.5, 0.6) is 0 Å². The third kappa shape index (κ3) is 15.5. The van der Waals surface area contributed by atoms with E-state index in [1.54, 1.807) is 7.11 Å². The first-order valence-corrected chi connectivity index (χ1v) is 7.57. The van der Waals surface area contributed by atoms with Gasteiger partial charge in [-0.3, -0.25) is 0 Å². The van der Waals surface area contributed by atoms with Crippen LogP contribution in [0.1, 0.15) is 27.7 Å². The van der Waals surface area contributed by atoms with Crippen molar-refractivity contribution in [3.63, 3.8) is 0 Å². The summed E-state index contributed by atoms with van der Waals surface area (Å²) < 4.78 is 26.0. The van der Waals surface area contributed by atoms with Crippen molar-refractivity contribution < 1.29 is 28.5 Å². The highest BCUT2D eigenvalue weighted by Gasteiger charge is 2.17. The molecule has 0 bridgehead atoms. The fourth-order valence-corrected chi connectivity index (χ4v) is 1.39. The Hall–Kier alpha value is -0.890. The third-order valence-corrected chi connectivity index (χ3v) is 2.31. The zero-order chi connectivity index (χ0) is 16.8. The van der Waals surface area contributed by atoms with Crippen molar-refractivity contribution in [2.45, 2.75) is 39.3 Å². The lowest BCUT2D eigenvalue weighted by Gasteiger charge is -2.21. The molecule has 0 aliphatic rings. The topological polar surface area (TPSA) is 75.3 Å². The number of nitrogens with one attached hydrogen (secondary N) is 1. The van der Waals surface area contributed by atoms with E-state index in [9.17, 15) is 4.79 Å². The SMILES string of the molecule is COCCOCCOCCOC[C@H](C)NC(=O)OC(C)(C)C.